The molecule has 37 heavy (non-hydrogen) atoms. The second-order valence-corrected chi connectivity index (χ2v) is 8.68. The number of esters is 1. The van der Waals surface area contributed by atoms with Crippen LogP contribution in [-0.2, 0) is 9.53 Å². The van der Waals surface area contributed by atoms with Gasteiger partial charge in [-0.2, -0.15) is 8.78 Å². The third-order valence-corrected chi connectivity index (χ3v) is 6.49. The number of halogens is 5. The third kappa shape index (κ3) is 4.18. The summed E-state index contributed by atoms with van der Waals surface area (Å²) in [6, 6.07) is 13.6. The number of β-amino-alcohol motifs (C(OH)–C–C–N with tert-alkyl or cyclic N) is 1. The lowest BCUT2D eigenvalue weighted by Crippen LogP contribution is -2.43. The molecule has 5 rings (SSSR count). The molecule has 0 spiro atoms. The minimum atomic E-state index is -2.41. The zero-order valence-electron chi connectivity index (χ0n) is 18.9. The van der Waals surface area contributed by atoms with E-state index in [-0.39, 0.29) is 19.1 Å². The van der Waals surface area contributed by atoms with E-state index in [1.165, 1.54) is 0 Å². The van der Waals surface area contributed by atoms with Crippen LogP contribution in [0.3, 0.4) is 0 Å². The zero-order chi connectivity index (χ0) is 26.4. The van der Waals surface area contributed by atoms with E-state index in [4.69, 9.17) is 4.74 Å². The number of carbonyl (C=O) groups excluding carboxylic acids is 2. The van der Waals surface area contributed by atoms with Gasteiger partial charge in [-0.05, 0) is 22.3 Å². The maximum absolute atomic E-state index is 14.0. The molecule has 1 heterocycles. The highest BCUT2D eigenvalue weighted by Gasteiger charge is 2.43. The van der Waals surface area contributed by atoms with E-state index < -0.39 is 65.5 Å². The average molecular weight is 519 g/mol. The van der Waals surface area contributed by atoms with Crippen molar-refractivity contribution in [2.45, 2.75) is 24.5 Å². The largest absolute Gasteiger partial charge is 0.448 e. The van der Waals surface area contributed by atoms with Gasteiger partial charge in [0.15, 0.2) is 0 Å². The Kier molecular flexibility index (Phi) is 6.32. The highest BCUT2D eigenvalue weighted by Crippen LogP contribution is 2.44. The summed E-state index contributed by atoms with van der Waals surface area (Å²) in [7, 11) is 0. The molecule has 1 aliphatic carbocycles. The number of hydrogen-bond acceptors (Lipinski definition) is 5. The fourth-order valence-electron chi connectivity index (χ4n) is 4.76. The van der Waals surface area contributed by atoms with Gasteiger partial charge in [0.2, 0.25) is 34.8 Å². The van der Waals surface area contributed by atoms with Crippen molar-refractivity contribution in [2.75, 3.05) is 13.2 Å². The maximum atomic E-state index is 14.0. The minimum absolute atomic E-state index is 0.112. The Morgan fingerprint density at radius 3 is 1.92 bits per heavy atom. The Labute approximate surface area is 206 Å². The molecule has 0 saturated carbocycles. The number of likely N-dealkylation sites (tertiary alicyclic amines) is 1. The van der Waals surface area contributed by atoms with Crippen molar-refractivity contribution in [3.05, 3.63) is 88.7 Å². The van der Waals surface area contributed by atoms with Crippen molar-refractivity contribution >= 4 is 12.1 Å². The Morgan fingerprint density at radius 1 is 0.838 bits per heavy atom. The van der Waals surface area contributed by atoms with Crippen LogP contribution in [0.25, 0.3) is 11.1 Å². The van der Waals surface area contributed by atoms with Gasteiger partial charge in [0.05, 0.1) is 12.6 Å². The lowest BCUT2D eigenvalue weighted by molar-refractivity contribution is -0.139. The highest BCUT2D eigenvalue weighted by molar-refractivity contribution is 5.84. The van der Waals surface area contributed by atoms with Crippen molar-refractivity contribution < 1.29 is 46.1 Å². The Bertz CT molecular complexity index is 1340. The molecule has 2 aliphatic rings. The lowest BCUT2D eigenvalue weighted by atomic mass is 9.98. The summed E-state index contributed by atoms with van der Waals surface area (Å²) in [6.45, 7) is -0.480. The molecular weight excluding hydrogens is 501 g/mol. The van der Waals surface area contributed by atoms with E-state index in [2.05, 4.69) is 4.74 Å². The van der Waals surface area contributed by atoms with E-state index in [0.717, 1.165) is 27.2 Å². The standard InChI is InChI=1S/C26H18F5NO5/c27-19-20(28)22(30)24(23(31)21(19)29)37-25(34)18-9-12(33)10-32(18)26(35)36-11-17-15-7-3-1-5-13(15)14-6-2-4-8-16(14)17/h1-8,12,17-18,33H,9-11H2/t12?,18-/m0/s1. The fraction of sp³-hybridized carbons (Fsp3) is 0.231. The molecule has 0 radical (unpaired) electrons. The Morgan fingerprint density at radius 2 is 1.35 bits per heavy atom. The predicted octanol–water partition coefficient (Wildman–Crippen LogP) is 4.67. The van der Waals surface area contributed by atoms with Gasteiger partial charge in [-0.25, -0.2) is 22.8 Å². The summed E-state index contributed by atoms with van der Waals surface area (Å²) in [4.78, 5) is 26.3. The lowest BCUT2D eigenvalue weighted by Gasteiger charge is -2.23. The van der Waals surface area contributed by atoms with Gasteiger partial charge in [-0.3, -0.25) is 4.90 Å². The molecule has 1 saturated heterocycles. The van der Waals surface area contributed by atoms with Gasteiger partial charge >= 0.3 is 12.1 Å². The minimum Gasteiger partial charge on any atom is -0.448 e. The molecule has 1 unspecified atom stereocenters. The summed E-state index contributed by atoms with van der Waals surface area (Å²) in [5, 5.41) is 10.0. The summed E-state index contributed by atoms with van der Waals surface area (Å²) in [5.74, 6) is -15.3. The van der Waals surface area contributed by atoms with Crippen LogP contribution >= 0.6 is 0 Å². The molecule has 0 aromatic heterocycles. The number of carbonyl (C=O) groups is 2. The SMILES string of the molecule is O=C(Oc1c(F)c(F)c(F)c(F)c1F)[C@@H]1CC(O)CN1C(=O)OCC1c2ccccc2-c2ccccc21. The number of aliphatic hydroxyl groups excluding tert-OH is 1. The molecule has 1 fully saturated rings. The summed E-state index contributed by atoms with van der Waals surface area (Å²) >= 11 is 0. The molecule has 11 heteroatoms. The van der Waals surface area contributed by atoms with Crippen LogP contribution in [0.4, 0.5) is 26.7 Å². The number of fused-ring (bicyclic) bond motifs is 3. The van der Waals surface area contributed by atoms with Gasteiger partial charge in [0.1, 0.15) is 12.6 Å². The molecule has 1 amide bonds. The van der Waals surface area contributed by atoms with Crippen LogP contribution in [0.5, 0.6) is 5.75 Å². The van der Waals surface area contributed by atoms with Gasteiger partial charge < -0.3 is 14.6 Å². The third-order valence-electron chi connectivity index (χ3n) is 6.49. The van der Waals surface area contributed by atoms with Crippen LogP contribution in [0.15, 0.2) is 48.5 Å². The van der Waals surface area contributed by atoms with E-state index >= 15 is 0 Å². The van der Waals surface area contributed by atoms with Gasteiger partial charge in [-0.1, -0.05) is 48.5 Å². The molecule has 192 valence electrons. The molecule has 1 N–H and O–H groups in total. The smallest absolute Gasteiger partial charge is 0.410 e. The quantitative estimate of drug-likeness (QED) is 0.178. The number of aliphatic hydroxyl groups is 1. The van der Waals surface area contributed by atoms with Gasteiger partial charge in [0, 0.05) is 12.3 Å². The van der Waals surface area contributed by atoms with Crippen molar-refractivity contribution in [1.82, 2.24) is 4.90 Å². The van der Waals surface area contributed by atoms with Crippen molar-refractivity contribution in [1.29, 1.82) is 0 Å². The van der Waals surface area contributed by atoms with Crippen LogP contribution in [0, 0.1) is 29.1 Å². The van der Waals surface area contributed by atoms with Crippen molar-refractivity contribution in [3.8, 4) is 16.9 Å². The predicted molar refractivity (Wildman–Crippen MR) is 118 cm³/mol. The van der Waals surface area contributed by atoms with Crippen LogP contribution in [-0.4, -0.2) is 47.4 Å². The maximum Gasteiger partial charge on any atom is 0.410 e. The van der Waals surface area contributed by atoms with E-state index in [1.807, 2.05) is 48.5 Å². The fourth-order valence-corrected chi connectivity index (χ4v) is 4.76. The highest BCUT2D eigenvalue weighted by atomic mass is 19.2. The molecule has 1 aliphatic heterocycles. The molecule has 3 aromatic rings. The van der Waals surface area contributed by atoms with Crippen LogP contribution < -0.4 is 4.74 Å². The van der Waals surface area contributed by atoms with Crippen LogP contribution in [0.1, 0.15) is 23.5 Å². The first-order chi connectivity index (χ1) is 17.7. The first-order valence-corrected chi connectivity index (χ1v) is 11.2. The normalized spacial score (nSPS) is 18.5. The average Bonchev–Trinajstić information content (AvgIpc) is 3.45. The molecule has 0 bridgehead atoms. The number of hydrogen-bond donors (Lipinski definition) is 1. The van der Waals surface area contributed by atoms with E-state index in [9.17, 15) is 36.6 Å². The number of rotatable bonds is 4. The summed E-state index contributed by atoms with van der Waals surface area (Å²) < 4.78 is 78.1. The van der Waals surface area contributed by atoms with E-state index in [1.54, 1.807) is 0 Å². The second kappa shape index (κ2) is 9.47. The molecule has 6 nitrogen and oxygen atoms in total. The van der Waals surface area contributed by atoms with Crippen LogP contribution in [0.2, 0.25) is 0 Å². The number of amides is 1. The topological polar surface area (TPSA) is 76.1 Å². The Balaban J connectivity index is 1.33. The van der Waals surface area contributed by atoms with Crippen molar-refractivity contribution in [2.24, 2.45) is 0 Å². The first-order valence-electron chi connectivity index (χ1n) is 11.2. The molecular formula is C26H18F5NO5. The van der Waals surface area contributed by atoms with Gasteiger partial charge in [-0.15, -0.1) is 0 Å². The monoisotopic (exact) mass is 519 g/mol. The summed E-state index contributed by atoms with van der Waals surface area (Å²) in [6.07, 6.45) is -2.62. The zero-order valence-corrected chi connectivity index (χ0v) is 18.9. The van der Waals surface area contributed by atoms with E-state index in [0.29, 0.717) is 0 Å². The second-order valence-electron chi connectivity index (χ2n) is 8.68. The van der Waals surface area contributed by atoms with Crippen molar-refractivity contribution in [3.63, 3.8) is 0 Å². The molecule has 3 aromatic carbocycles. The Hall–Kier alpha value is -3.99. The molecule has 2 atom stereocenters. The number of benzene rings is 3. The summed E-state index contributed by atoms with van der Waals surface area (Å²) in [5.41, 5.74) is 3.83. The first kappa shape index (κ1) is 24.7. The number of nitrogens with zero attached hydrogens (tertiary/aromatic N) is 1. The van der Waals surface area contributed by atoms with Gasteiger partial charge in [0.25, 0.3) is 0 Å². The number of ether oxygens (including phenoxy) is 2.